The van der Waals surface area contributed by atoms with E-state index in [1.165, 1.54) is 6.07 Å². The van der Waals surface area contributed by atoms with Crippen molar-refractivity contribution in [3.8, 4) is 0 Å². The molecule has 0 saturated carbocycles. The Labute approximate surface area is 108 Å². The van der Waals surface area contributed by atoms with Gasteiger partial charge in [-0.3, -0.25) is 0 Å². The van der Waals surface area contributed by atoms with Crippen molar-refractivity contribution in [2.75, 3.05) is 7.11 Å². The van der Waals surface area contributed by atoms with Gasteiger partial charge in [0.2, 0.25) is 0 Å². The van der Waals surface area contributed by atoms with Crippen molar-refractivity contribution in [1.82, 2.24) is 0 Å². The number of methoxy groups -OCH3 is 1. The molecule has 1 aromatic carbocycles. The second-order valence-electron chi connectivity index (χ2n) is 3.73. The van der Waals surface area contributed by atoms with Crippen LogP contribution in [0.1, 0.15) is 34.8 Å². The number of carbonyl (C=O) groups is 1. The summed E-state index contributed by atoms with van der Waals surface area (Å²) in [7, 11) is 1.09. The molecule has 0 aromatic heterocycles. The molecule has 100 valence electrons. The third-order valence-electron chi connectivity index (χ3n) is 2.42. The molecule has 0 saturated heterocycles. The highest BCUT2D eigenvalue weighted by Gasteiger charge is 2.34. The number of alkyl halides is 3. The molecule has 0 N–H and O–H groups in total. The molecule has 0 bridgehead atoms. The molecular weight excluding hydrogens is 269 g/mol. The van der Waals surface area contributed by atoms with Crippen molar-refractivity contribution in [2.24, 2.45) is 0 Å². The van der Waals surface area contributed by atoms with Crippen molar-refractivity contribution in [1.29, 1.82) is 0 Å². The largest absolute Gasteiger partial charge is 0.465 e. The van der Waals surface area contributed by atoms with E-state index in [9.17, 15) is 18.0 Å². The molecule has 0 aliphatic heterocycles. The maximum atomic E-state index is 12.9. The molecule has 0 amide bonds. The van der Waals surface area contributed by atoms with Crippen LogP contribution in [0.5, 0.6) is 0 Å². The number of rotatable bonds is 3. The lowest BCUT2D eigenvalue weighted by Gasteiger charge is -2.14. The Hall–Kier alpha value is -1.23. The first kappa shape index (κ1) is 14.8. The molecule has 6 heteroatoms. The Bertz CT molecular complexity index is 455. The number of benzene rings is 1. The van der Waals surface area contributed by atoms with Crippen molar-refractivity contribution in [2.45, 2.75) is 25.9 Å². The highest BCUT2D eigenvalue weighted by atomic mass is 35.5. The number of ether oxygens (including phenoxy) is 1. The predicted octanol–water partition coefficient (Wildman–Crippen LogP) is 4.10. The van der Waals surface area contributed by atoms with Crippen LogP contribution in [0.15, 0.2) is 12.1 Å². The Kier molecular flexibility index (Phi) is 4.62. The zero-order valence-corrected chi connectivity index (χ0v) is 10.7. The zero-order valence-electron chi connectivity index (χ0n) is 9.90. The summed E-state index contributed by atoms with van der Waals surface area (Å²) in [6.07, 6.45) is -3.72. The maximum absolute atomic E-state index is 12.9. The highest BCUT2D eigenvalue weighted by Crippen LogP contribution is 2.35. The lowest BCUT2D eigenvalue weighted by atomic mass is 9.99. The van der Waals surface area contributed by atoms with Gasteiger partial charge >= 0.3 is 12.1 Å². The average Bonchev–Trinajstić information content (AvgIpc) is 2.27. The predicted molar refractivity (Wildman–Crippen MR) is 61.8 cm³/mol. The SMILES string of the molecule is CCCc1cc(Cl)c(C(=O)OC)cc1C(F)(F)F. The topological polar surface area (TPSA) is 26.3 Å². The standard InChI is InChI=1S/C12H12ClF3O2/c1-3-4-7-5-10(13)8(11(17)18-2)6-9(7)12(14,15)16/h5-6H,3-4H2,1-2H3. The summed E-state index contributed by atoms with van der Waals surface area (Å²) in [5.41, 5.74) is -1.02. The first-order valence-corrected chi connectivity index (χ1v) is 5.67. The van der Waals surface area contributed by atoms with Gasteiger partial charge in [0.1, 0.15) is 0 Å². The zero-order chi connectivity index (χ0) is 13.9. The van der Waals surface area contributed by atoms with Crippen molar-refractivity contribution in [3.63, 3.8) is 0 Å². The van der Waals surface area contributed by atoms with Gasteiger partial charge in [-0.1, -0.05) is 24.9 Å². The van der Waals surface area contributed by atoms with Crippen LogP contribution >= 0.6 is 11.6 Å². The van der Waals surface area contributed by atoms with E-state index in [-0.39, 0.29) is 22.6 Å². The molecule has 0 aliphatic carbocycles. The maximum Gasteiger partial charge on any atom is 0.416 e. The minimum atomic E-state index is -4.52. The van der Waals surface area contributed by atoms with Gasteiger partial charge in [-0.25, -0.2) is 4.79 Å². The molecule has 0 heterocycles. The third-order valence-corrected chi connectivity index (χ3v) is 2.74. The van der Waals surface area contributed by atoms with E-state index < -0.39 is 17.7 Å². The van der Waals surface area contributed by atoms with Gasteiger partial charge in [0.05, 0.1) is 23.3 Å². The Morgan fingerprint density at radius 2 is 2.00 bits per heavy atom. The van der Waals surface area contributed by atoms with Gasteiger partial charge in [-0.2, -0.15) is 13.2 Å². The van der Waals surface area contributed by atoms with Gasteiger partial charge in [0, 0.05) is 0 Å². The van der Waals surface area contributed by atoms with Crippen LogP contribution in [0, 0.1) is 0 Å². The summed E-state index contributed by atoms with van der Waals surface area (Å²) in [6.45, 7) is 1.77. The van der Waals surface area contributed by atoms with E-state index in [0.717, 1.165) is 13.2 Å². The van der Waals surface area contributed by atoms with Crippen molar-refractivity contribution < 1.29 is 22.7 Å². The van der Waals surface area contributed by atoms with Gasteiger partial charge < -0.3 is 4.74 Å². The molecule has 0 fully saturated rings. The minimum absolute atomic E-state index is 0.0294. The molecule has 2 nitrogen and oxygen atoms in total. The molecule has 1 aromatic rings. The van der Waals surface area contributed by atoms with Gasteiger partial charge in [0.15, 0.2) is 0 Å². The molecule has 18 heavy (non-hydrogen) atoms. The highest BCUT2D eigenvalue weighted by molar-refractivity contribution is 6.33. The lowest BCUT2D eigenvalue weighted by molar-refractivity contribution is -0.138. The van der Waals surface area contributed by atoms with Crippen LogP contribution in [0.3, 0.4) is 0 Å². The van der Waals surface area contributed by atoms with Crippen molar-refractivity contribution in [3.05, 3.63) is 33.8 Å². The van der Waals surface area contributed by atoms with Crippen LogP contribution in [0.4, 0.5) is 13.2 Å². The Morgan fingerprint density at radius 1 is 1.39 bits per heavy atom. The van der Waals surface area contributed by atoms with E-state index in [0.29, 0.717) is 6.42 Å². The van der Waals surface area contributed by atoms with E-state index >= 15 is 0 Å². The monoisotopic (exact) mass is 280 g/mol. The molecule has 0 unspecified atom stereocenters. The number of hydrogen-bond donors (Lipinski definition) is 0. The molecule has 0 spiro atoms. The fraction of sp³-hybridized carbons (Fsp3) is 0.417. The summed E-state index contributed by atoms with van der Waals surface area (Å²) in [5, 5.41) is -0.0294. The van der Waals surface area contributed by atoms with E-state index in [4.69, 9.17) is 11.6 Å². The van der Waals surface area contributed by atoms with Crippen LogP contribution in [0.25, 0.3) is 0 Å². The number of esters is 1. The minimum Gasteiger partial charge on any atom is -0.465 e. The first-order chi connectivity index (χ1) is 8.31. The molecule has 0 radical (unpaired) electrons. The quantitative estimate of drug-likeness (QED) is 0.779. The average molecular weight is 281 g/mol. The molecule has 0 aliphatic rings. The molecule has 1 rings (SSSR count). The fourth-order valence-corrected chi connectivity index (χ4v) is 1.88. The number of hydrogen-bond acceptors (Lipinski definition) is 2. The Morgan fingerprint density at radius 3 is 2.44 bits per heavy atom. The molecular formula is C12H12ClF3O2. The van der Waals surface area contributed by atoms with Crippen LogP contribution in [0.2, 0.25) is 5.02 Å². The van der Waals surface area contributed by atoms with Crippen LogP contribution in [-0.4, -0.2) is 13.1 Å². The van der Waals surface area contributed by atoms with Crippen LogP contribution < -0.4 is 0 Å². The smallest absolute Gasteiger partial charge is 0.416 e. The summed E-state index contributed by atoms with van der Waals surface area (Å²) in [4.78, 5) is 11.3. The summed E-state index contributed by atoms with van der Waals surface area (Å²) < 4.78 is 43.0. The summed E-state index contributed by atoms with van der Waals surface area (Å²) in [6, 6.07) is 1.93. The summed E-state index contributed by atoms with van der Waals surface area (Å²) in [5.74, 6) is -0.881. The van der Waals surface area contributed by atoms with E-state index in [1.54, 1.807) is 6.92 Å². The van der Waals surface area contributed by atoms with Crippen molar-refractivity contribution >= 4 is 17.6 Å². The number of carbonyl (C=O) groups excluding carboxylic acids is 1. The second kappa shape index (κ2) is 5.61. The first-order valence-electron chi connectivity index (χ1n) is 5.29. The molecule has 0 atom stereocenters. The Balaban J connectivity index is 3.40. The van der Waals surface area contributed by atoms with Gasteiger partial charge in [-0.15, -0.1) is 0 Å². The number of aryl methyl sites for hydroxylation is 1. The third kappa shape index (κ3) is 3.16. The van der Waals surface area contributed by atoms with E-state index in [2.05, 4.69) is 4.74 Å². The lowest BCUT2D eigenvalue weighted by Crippen LogP contribution is -2.12. The fourth-order valence-electron chi connectivity index (χ4n) is 1.62. The van der Waals surface area contributed by atoms with E-state index in [1.807, 2.05) is 0 Å². The normalized spacial score (nSPS) is 11.4. The van der Waals surface area contributed by atoms with Gasteiger partial charge in [0.25, 0.3) is 0 Å². The summed E-state index contributed by atoms with van der Waals surface area (Å²) >= 11 is 5.79. The van der Waals surface area contributed by atoms with Gasteiger partial charge in [-0.05, 0) is 24.1 Å². The number of halogens is 4. The second-order valence-corrected chi connectivity index (χ2v) is 4.14. The van der Waals surface area contributed by atoms with Crippen LogP contribution in [-0.2, 0) is 17.3 Å².